The topological polar surface area (TPSA) is 56.5 Å². The van der Waals surface area contributed by atoms with Crippen LogP contribution in [-0.4, -0.2) is 0 Å². The zero-order valence-electron chi connectivity index (χ0n) is 13.8. The van der Waals surface area contributed by atoms with Crippen LogP contribution in [0.15, 0.2) is 78.9 Å². The van der Waals surface area contributed by atoms with Gasteiger partial charge in [-0.25, -0.2) is 0 Å². The van der Waals surface area contributed by atoms with Crippen molar-refractivity contribution >= 4 is 11.4 Å². The zero-order valence-corrected chi connectivity index (χ0v) is 13.8. The number of hydrogen-bond acceptors (Lipinski definition) is 2. The zero-order chi connectivity index (χ0) is 16.8. The van der Waals surface area contributed by atoms with Crippen molar-refractivity contribution in [1.29, 1.82) is 0 Å². The van der Waals surface area contributed by atoms with Crippen molar-refractivity contribution in [3.8, 4) is 0 Å². The summed E-state index contributed by atoms with van der Waals surface area (Å²) in [6.07, 6.45) is 0. The molecule has 3 rings (SSSR count). The molecule has 0 radical (unpaired) electrons. The van der Waals surface area contributed by atoms with Crippen molar-refractivity contribution in [2.45, 2.75) is 19.6 Å². The second-order valence-corrected chi connectivity index (χ2v) is 6.25. The van der Waals surface area contributed by atoms with Crippen molar-refractivity contribution in [2.24, 2.45) is 0 Å². The van der Waals surface area contributed by atoms with E-state index in [2.05, 4.69) is 54.6 Å². The summed E-state index contributed by atoms with van der Waals surface area (Å²) in [6.45, 7) is 2.90. The third-order valence-corrected chi connectivity index (χ3v) is 4.16. The van der Waals surface area contributed by atoms with Gasteiger partial charge in [0.25, 0.3) is 0 Å². The Labute approximate surface area is 143 Å². The Balaban J connectivity index is 1.76. The highest BCUT2D eigenvalue weighted by Gasteiger charge is 2.12. The van der Waals surface area contributed by atoms with Gasteiger partial charge >= 0.3 is 0 Å². The first-order valence-corrected chi connectivity index (χ1v) is 8.25. The van der Waals surface area contributed by atoms with Gasteiger partial charge in [-0.05, 0) is 24.3 Å². The highest BCUT2D eigenvalue weighted by molar-refractivity contribution is 5.39. The maximum absolute atomic E-state index is 5.80. The van der Waals surface area contributed by atoms with Crippen LogP contribution in [0.4, 0.5) is 11.4 Å². The smallest absolute Gasteiger partial charge is 0.103 e. The molecule has 0 aliphatic carbocycles. The largest absolute Gasteiger partial charge is 0.399 e. The van der Waals surface area contributed by atoms with Crippen LogP contribution in [0.5, 0.6) is 0 Å². The van der Waals surface area contributed by atoms with Gasteiger partial charge in [0, 0.05) is 28.1 Å². The van der Waals surface area contributed by atoms with Gasteiger partial charge in [-0.1, -0.05) is 54.6 Å². The molecule has 122 valence electrons. The molecule has 0 heterocycles. The fourth-order valence-corrected chi connectivity index (χ4v) is 2.92. The molecule has 0 aromatic heterocycles. The third kappa shape index (κ3) is 4.61. The maximum atomic E-state index is 5.80. The minimum atomic E-state index is 0.807. The lowest BCUT2D eigenvalue weighted by atomic mass is 10.1. The number of hydrogen-bond donors (Lipinski definition) is 3. The number of rotatable bonds is 6. The first-order chi connectivity index (χ1) is 11.7. The van der Waals surface area contributed by atoms with Crippen LogP contribution in [0.2, 0.25) is 0 Å². The summed E-state index contributed by atoms with van der Waals surface area (Å²) >= 11 is 0. The summed E-state index contributed by atoms with van der Waals surface area (Å²) in [5.41, 5.74) is 17.2. The molecule has 0 aliphatic rings. The van der Waals surface area contributed by atoms with Crippen LogP contribution in [0, 0.1) is 0 Å². The first kappa shape index (κ1) is 16.1. The number of quaternary nitrogens is 1. The van der Waals surface area contributed by atoms with Gasteiger partial charge in [0.2, 0.25) is 0 Å². The van der Waals surface area contributed by atoms with E-state index < -0.39 is 0 Å². The van der Waals surface area contributed by atoms with E-state index in [4.69, 9.17) is 11.5 Å². The van der Waals surface area contributed by atoms with Crippen LogP contribution in [-0.2, 0) is 19.6 Å². The highest BCUT2D eigenvalue weighted by Crippen LogP contribution is 2.07. The highest BCUT2D eigenvalue weighted by atomic mass is 15.1. The fourth-order valence-electron chi connectivity index (χ4n) is 2.92. The Morgan fingerprint density at radius 1 is 0.500 bits per heavy atom. The summed E-state index contributed by atoms with van der Waals surface area (Å²) in [5, 5.41) is 0. The van der Waals surface area contributed by atoms with E-state index in [1.807, 2.05) is 24.3 Å². The van der Waals surface area contributed by atoms with Crippen LogP contribution >= 0.6 is 0 Å². The molecule has 0 saturated heterocycles. The van der Waals surface area contributed by atoms with Crippen LogP contribution in [0.3, 0.4) is 0 Å². The number of benzene rings is 3. The molecule has 3 aromatic carbocycles. The average Bonchev–Trinajstić information content (AvgIpc) is 2.60. The molecule has 3 nitrogen and oxygen atoms in total. The van der Waals surface area contributed by atoms with Gasteiger partial charge in [0.1, 0.15) is 19.6 Å². The molecule has 0 aliphatic heterocycles. The van der Waals surface area contributed by atoms with Gasteiger partial charge in [0.05, 0.1) is 0 Å². The predicted octanol–water partition coefficient (Wildman–Crippen LogP) is 2.64. The molecule has 5 N–H and O–H groups in total. The van der Waals surface area contributed by atoms with Crippen molar-refractivity contribution in [3.05, 3.63) is 95.6 Å². The standard InChI is InChI=1S/C21H23N3/c22-20-10-6-18(7-11-20)15-24(14-17-4-2-1-3-5-17)16-19-8-12-21(23)13-9-19/h1-13H,14-16,22-23H2/p+1. The molecular weight excluding hydrogens is 294 g/mol. The van der Waals surface area contributed by atoms with Crippen molar-refractivity contribution < 1.29 is 4.90 Å². The Morgan fingerprint density at radius 3 is 1.29 bits per heavy atom. The summed E-state index contributed by atoms with van der Waals surface area (Å²) in [6, 6.07) is 27.0. The van der Waals surface area contributed by atoms with Gasteiger partial charge in [-0.15, -0.1) is 0 Å². The number of nitrogens with one attached hydrogen (secondary N) is 1. The van der Waals surface area contributed by atoms with E-state index in [1.165, 1.54) is 21.6 Å². The molecule has 0 amide bonds. The number of anilines is 2. The number of nitrogen functional groups attached to an aromatic ring is 2. The number of nitrogens with two attached hydrogens (primary N) is 2. The summed E-state index contributed by atoms with van der Waals surface area (Å²) in [5.74, 6) is 0. The second kappa shape index (κ2) is 7.66. The summed E-state index contributed by atoms with van der Waals surface area (Å²) < 4.78 is 0. The Hall–Kier alpha value is -2.78. The Morgan fingerprint density at radius 2 is 0.875 bits per heavy atom. The minimum Gasteiger partial charge on any atom is -0.399 e. The molecule has 0 bridgehead atoms. The Kier molecular flexibility index (Phi) is 5.14. The lowest BCUT2D eigenvalue weighted by molar-refractivity contribution is -0.941. The average molecular weight is 318 g/mol. The van der Waals surface area contributed by atoms with Gasteiger partial charge in [0.15, 0.2) is 0 Å². The van der Waals surface area contributed by atoms with Crippen molar-refractivity contribution in [3.63, 3.8) is 0 Å². The fraction of sp³-hybridized carbons (Fsp3) is 0.143. The van der Waals surface area contributed by atoms with Crippen LogP contribution in [0.25, 0.3) is 0 Å². The molecule has 3 heteroatoms. The normalized spacial score (nSPS) is 10.9. The molecule has 0 spiro atoms. The molecule has 0 saturated carbocycles. The molecule has 0 fully saturated rings. The molecular formula is C21H24N3+. The van der Waals surface area contributed by atoms with Gasteiger partial charge < -0.3 is 16.4 Å². The van der Waals surface area contributed by atoms with Crippen molar-refractivity contribution in [2.75, 3.05) is 11.5 Å². The first-order valence-electron chi connectivity index (χ1n) is 8.25. The summed E-state index contributed by atoms with van der Waals surface area (Å²) in [7, 11) is 0. The summed E-state index contributed by atoms with van der Waals surface area (Å²) in [4.78, 5) is 1.48. The van der Waals surface area contributed by atoms with E-state index in [-0.39, 0.29) is 0 Å². The quantitative estimate of drug-likeness (QED) is 0.612. The van der Waals surface area contributed by atoms with E-state index in [9.17, 15) is 0 Å². The maximum Gasteiger partial charge on any atom is 0.103 e. The SMILES string of the molecule is Nc1ccc(C[NH+](Cc2ccccc2)Cc2ccc(N)cc2)cc1. The van der Waals surface area contributed by atoms with Gasteiger partial charge in [-0.3, -0.25) is 0 Å². The van der Waals surface area contributed by atoms with Crippen LogP contribution in [0.1, 0.15) is 16.7 Å². The van der Waals surface area contributed by atoms with Crippen molar-refractivity contribution in [1.82, 2.24) is 0 Å². The second-order valence-electron chi connectivity index (χ2n) is 6.25. The van der Waals surface area contributed by atoms with E-state index in [0.717, 1.165) is 31.0 Å². The molecule has 0 unspecified atom stereocenters. The van der Waals surface area contributed by atoms with E-state index in [0.29, 0.717) is 0 Å². The van der Waals surface area contributed by atoms with Crippen LogP contribution < -0.4 is 16.4 Å². The monoisotopic (exact) mass is 318 g/mol. The molecule has 24 heavy (non-hydrogen) atoms. The molecule has 0 atom stereocenters. The third-order valence-electron chi connectivity index (χ3n) is 4.16. The lowest BCUT2D eigenvalue weighted by Crippen LogP contribution is -3.08. The Bertz CT molecular complexity index is 702. The van der Waals surface area contributed by atoms with E-state index >= 15 is 0 Å². The molecule has 3 aromatic rings. The lowest BCUT2D eigenvalue weighted by Gasteiger charge is -2.20. The van der Waals surface area contributed by atoms with Gasteiger partial charge in [-0.2, -0.15) is 0 Å². The predicted molar refractivity (Wildman–Crippen MR) is 100 cm³/mol. The minimum absolute atomic E-state index is 0.807. The van der Waals surface area contributed by atoms with E-state index in [1.54, 1.807) is 0 Å².